The highest BCUT2D eigenvalue weighted by Crippen LogP contribution is 2.13. The Hall–Kier alpha value is -2.28. The molecule has 7 heteroatoms. The Kier molecular flexibility index (Phi) is 4.19. The van der Waals surface area contributed by atoms with Crippen LogP contribution in [0.5, 0.6) is 5.75 Å². The maximum Gasteiger partial charge on any atom is 0.304 e. The number of thiazole rings is 1. The van der Waals surface area contributed by atoms with Crippen LogP contribution in [0.1, 0.15) is 5.69 Å². The highest BCUT2D eigenvalue weighted by molar-refractivity contribution is 7.07. The highest BCUT2D eigenvalue weighted by Gasteiger charge is 2.04. The Morgan fingerprint density at radius 1 is 1.47 bits per heavy atom. The maximum absolute atomic E-state index is 11.5. The van der Waals surface area contributed by atoms with Gasteiger partial charge >= 0.3 is 4.87 Å². The number of nitrogen functional groups attached to an aromatic ring is 1. The van der Waals surface area contributed by atoms with Crippen LogP contribution < -0.4 is 20.7 Å². The van der Waals surface area contributed by atoms with E-state index in [1.165, 1.54) is 0 Å². The molecule has 1 heterocycles. The number of carbonyl (C=O) groups is 1. The second-order valence-corrected chi connectivity index (χ2v) is 4.65. The third kappa shape index (κ3) is 4.14. The molecule has 1 aromatic heterocycles. The minimum absolute atomic E-state index is 0.0994. The summed E-state index contributed by atoms with van der Waals surface area (Å²) >= 11 is 1.06. The van der Waals surface area contributed by atoms with Crippen LogP contribution in [-0.4, -0.2) is 17.5 Å². The molecule has 0 aliphatic heterocycles. The van der Waals surface area contributed by atoms with E-state index in [1.54, 1.807) is 29.6 Å². The highest BCUT2D eigenvalue weighted by atomic mass is 32.1. The summed E-state index contributed by atoms with van der Waals surface area (Å²) in [5, 5.41) is 4.31. The van der Waals surface area contributed by atoms with Gasteiger partial charge in [-0.3, -0.25) is 9.59 Å². The van der Waals surface area contributed by atoms with Crippen molar-refractivity contribution in [3.63, 3.8) is 0 Å². The molecule has 19 heavy (non-hydrogen) atoms. The van der Waals surface area contributed by atoms with E-state index in [2.05, 4.69) is 10.3 Å². The van der Waals surface area contributed by atoms with Crippen LogP contribution >= 0.6 is 11.3 Å². The number of carbonyl (C=O) groups excluding carboxylic acids is 1. The van der Waals surface area contributed by atoms with Gasteiger partial charge < -0.3 is 20.8 Å². The summed E-state index contributed by atoms with van der Waals surface area (Å²) in [5.74, 6) is 0.272. The van der Waals surface area contributed by atoms with Crippen molar-refractivity contribution in [3.05, 3.63) is 45.0 Å². The Labute approximate surface area is 113 Å². The Bertz CT molecular complexity index is 620. The van der Waals surface area contributed by atoms with Crippen LogP contribution in [0.4, 0.5) is 5.69 Å². The number of H-pyrrole nitrogens is 1. The molecule has 0 saturated carbocycles. The number of hydrogen-bond acceptors (Lipinski definition) is 5. The zero-order chi connectivity index (χ0) is 13.7. The monoisotopic (exact) mass is 279 g/mol. The van der Waals surface area contributed by atoms with Crippen molar-refractivity contribution < 1.29 is 9.53 Å². The zero-order valence-electron chi connectivity index (χ0n) is 10.0. The van der Waals surface area contributed by atoms with E-state index in [0.717, 1.165) is 11.3 Å². The molecule has 1 aromatic carbocycles. The number of ether oxygens (including phenoxy) is 1. The van der Waals surface area contributed by atoms with Crippen molar-refractivity contribution in [2.24, 2.45) is 0 Å². The van der Waals surface area contributed by atoms with E-state index in [9.17, 15) is 9.59 Å². The molecule has 2 rings (SSSR count). The van der Waals surface area contributed by atoms with Gasteiger partial charge in [0.05, 0.1) is 6.54 Å². The van der Waals surface area contributed by atoms with Gasteiger partial charge in [-0.2, -0.15) is 0 Å². The van der Waals surface area contributed by atoms with Gasteiger partial charge in [0.2, 0.25) is 0 Å². The summed E-state index contributed by atoms with van der Waals surface area (Å²) < 4.78 is 5.28. The van der Waals surface area contributed by atoms with Gasteiger partial charge in [-0.25, -0.2) is 0 Å². The van der Waals surface area contributed by atoms with Gasteiger partial charge in [0.1, 0.15) is 5.75 Å². The van der Waals surface area contributed by atoms with E-state index in [4.69, 9.17) is 10.5 Å². The molecule has 0 unspecified atom stereocenters. The zero-order valence-corrected chi connectivity index (χ0v) is 10.8. The number of anilines is 1. The topological polar surface area (TPSA) is 97.2 Å². The lowest BCUT2D eigenvalue weighted by Crippen LogP contribution is -2.28. The molecule has 0 aliphatic carbocycles. The summed E-state index contributed by atoms with van der Waals surface area (Å²) in [4.78, 5) is 24.9. The lowest BCUT2D eigenvalue weighted by atomic mass is 10.3. The van der Waals surface area contributed by atoms with Gasteiger partial charge in [0, 0.05) is 22.8 Å². The van der Waals surface area contributed by atoms with Crippen LogP contribution in [-0.2, 0) is 11.3 Å². The first kappa shape index (κ1) is 13.2. The third-order valence-electron chi connectivity index (χ3n) is 2.27. The number of rotatable bonds is 5. The van der Waals surface area contributed by atoms with Gasteiger partial charge in [-0.1, -0.05) is 17.4 Å². The maximum atomic E-state index is 11.5. The number of aromatic nitrogens is 1. The summed E-state index contributed by atoms with van der Waals surface area (Å²) in [6, 6.07) is 6.85. The Morgan fingerprint density at radius 3 is 3.00 bits per heavy atom. The molecule has 0 aliphatic rings. The number of aromatic amines is 1. The van der Waals surface area contributed by atoms with Gasteiger partial charge in [0.15, 0.2) is 6.61 Å². The second-order valence-electron chi connectivity index (χ2n) is 3.81. The van der Waals surface area contributed by atoms with Crippen LogP contribution in [0.3, 0.4) is 0 Å². The van der Waals surface area contributed by atoms with Crippen molar-refractivity contribution in [1.29, 1.82) is 0 Å². The number of nitrogens with one attached hydrogen (secondary N) is 2. The number of amides is 1. The van der Waals surface area contributed by atoms with Gasteiger partial charge in [0.25, 0.3) is 5.91 Å². The molecule has 4 N–H and O–H groups in total. The van der Waals surface area contributed by atoms with Crippen molar-refractivity contribution in [3.8, 4) is 5.75 Å². The van der Waals surface area contributed by atoms with E-state index < -0.39 is 0 Å². The molecule has 100 valence electrons. The molecule has 6 nitrogen and oxygen atoms in total. The normalized spacial score (nSPS) is 10.1. The van der Waals surface area contributed by atoms with E-state index in [-0.39, 0.29) is 23.9 Å². The summed E-state index contributed by atoms with van der Waals surface area (Å²) in [6.07, 6.45) is 0. The molecule has 0 atom stereocenters. The van der Waals surface area contributed by atoms with Crippen molar-refractivity contribution >= 4 is 22.9 Å². The number of nitrogens with two attached hydrogens (primary N) is 1. The Morgan fingerprint density at radius 2 is 2.32 bits per heavy atom. The van der Waals surface area contributed by atoms with Crippen LogP contribution in [0.25, 0.3) is 0 Å². The average Bonchev–Trinajstić information content (AvgIpc) is 2.80. The molecule has 1 amide bonds. The standard InChI is InChI=1S/C12H13N3O3S/c13-8-2-1-3-10(4-8)18-6-11(16)14-5-9-7-19-12(17)15-9/h1-4,7H,5-6,13H2,(H,14,16)(H,15,17). The Balaban J connectivity index is 1.77. The summed E-state index contributed by atoms with van der Waals surface area (Å²) in [5.41, 5.74) is 6.84. The molecule has 0 radical (unpaired) electrons. The minimum atomic E-state index is -0.269. The second kappa shape index (κ2) is 6.05. The largest absolute Gasteiger partial charge is 0.484 e. The average molecular weight is 279 g/mol. The van der Waals surface area contributed by atoms with E-state index in [1.807, 2.05) is 0 Å². The van der Waals surface area contributed by atoms with Crippen LogP contribution in [0.15, 0.2) is 34.4 Å². The van der Waals surface area contributed by atoms with E-state index >= 15 is 0 Å². The molecule has 0 spiro atoms. The van der Waals surface area contributed by atoms with Gasteiger partial charge in [-0.05, 0) is 12.1 Å². The fourth-order valence-electron chi connectivity index (χ4n) is 1.40. The lowest BCUT2D eigenvalue weighted by Gasteiger charge is -2.07. The number of benzene rings is 1. The third-order valence-corrected chi connectivity index (χ3v) is 2.99. The SMILES string of the molecule is Nc1cccc(OCC(=O)NCc2csc(=O)[nH]2)c1. The molecule has 2 aromatic rings. The fraction of sp³-hybridized carbons (Fsp3) is 0.167. The predicted molar refractivity (Wildman–Crippen MR) is 73.1 cm³/mol. The van der Waals surface area contributed by atoms with Crippen LogP contribution in [0.2, 0.25) is 0 Å². The van der Waals surface area contributed by atoms with E-state index in [0.29, 0.717) is 17.1 Å². The summed E-state index contributed by atoms with van der Waals surface area (Å²) in [7, 11) is 0. The molecular formula is C12H13N3O3S. The quantitative estimate of drug-likeness (QED) is 0.702. The van der Waals surface area contributed by atoms with Crippen molar-refractivity contribution in [2.75, 3.05) is 12.3 Å². The number of hydrogen-bond donors (Lipinski definition) is 3. The molecular weight excluding hydrogens is 266 g/mol. The fourth-order valence-corrected chi connectivity index (χ4v) is 1.98. The van der Waals surface area contributed by atoms with Crippen molar-refractivity contribution in [2.45, 2.75) is 6.54 Å². The predicted octanol–water partition coefficient (Wildman–Crippen LogP) is 0.714. The first-order valence-electron chi connectivity index (χ1n) is 5.55. The van der Waals surface area contributed by atoms with Crippen molar-refractivity contribution in [1.82, 2.24) is 10.3 Å². The first-order chi connectivity index (χ1) is 9.13. The summed E-state index contributed by atoms with van der Waals surface area (Å²) in [6.45, 7) is 0.176. The lowest BCUT2D eigenvalue weighted by molar-refractivity contribution is -0.123. The van der Waals surface area contributed by atoms with Gasteiger partial charge in [-0.15, -0.1) is 0 Å². The molecule has 0 fully saturated rings. The first-order valence-corrected chi connectivity index (χ1v) is 6.43. The smallest absolute Gasteiger partial charge is 0.304 e. The van der Waals surface area contributed by atoms with Crippen LogP contribution in [0, 0.1) is 0 Å². The molecule has 0 saturated heterocycles. The molecule has 0 bridgehead atoms. The minimum Gasteiger partial charge on any atom is -0.484 e.